The van der Waals surface area contributed by atoms with Crippen molar-refractivity contribution in [3.05, 3.63) is 58.5 Å². The fraction of sp³-hybridized carbons (Fsp3) is 0.462. The number of rotatable bonds is 9. The van der Waals surface area contributed by atoms with Gasteiger partial charge in [-0.3, -0.25) is 9.69 Å². The van der Waals surface area contributed by atoms with Gasteiger partial charge in [-0.2, -0.15) is 5.26 Å². The van der Waals surface area contributed by atoms with E-state index in [1.165, 1.54) is 17.4 Å². The number of aromatic nitrogens is 3. The molecule has 1 aromatic carbocycles. The van der Waals surface area contributed by atoms with Gasteiger partial charge in [-0.1, -0.05) is 6.92 Å². The van der Waals surface area contributed by atoms with Crippen LogP contribution in [0.2, 0.25) is 0 Å². The first kappa shape index (κ1) is 25.8. The standard InChI is InChI=1S/C26H32FN7OS/c1-5-20-16-32(18(2)22-13-25-24(14-23(22)27)29-17-36-25)9-10-33(20)21(7-11-35)12-26-30-19(6-8-28)15-34(26)31(3)4/h7,11,13-15,17-18,20H,5-6,9-10,12,16H2,1-4H3/b21-7+. The molecule has 3 aromatic rings. The van der Waals surface area contributed by atoms with Gasteiger partial charge in [0.2, 0.25) is 0 Å². The average Bonchev–Trinajstić information content (AvgIpc) is 3.49. The number of carbonyl (C=O) groups excluding carboxylic acids is 1. The van der Waals surface area contributed by atoms with Crippen molar-refractivity contribution >= 4 is 27.8 Å². The molecule has 0 saturated carbocycles. The Morgan fingerprint density at radius 2 is 2.19 bits per heavy atom. The third-order valence-electron chi connectivity index (χ3n) is 6.90. The second-order valence-electron chi connectivity index (χ2n) is 9.27. The number of hydrogen-bond donors (Lipinski definition) is 0. The molecular formula is C26H32FN7OS. The summed E-state index contributed by atoms with van der Waals surface area (Å²) in [4.78, 5) is 25.1. The van der Waals surface area contributed by atoms with Gasteiger partial charge in [0.25, 0.3) is 0 Å². The fourth-order valence-electron chi connectivity index (χ4n) is 4.96. The van der Waals surface area contributed by atoms with Gasteiger partial charge < -0.3 is 9.91 Å². The maximum atomic E-state index is 14.9. The number of nitriles is 1. The minimum absolute atomic E-state index is 0.0765. The number of nitrogens with zero attached hydrogens (tertiary/aromatic N) is 7. The van der Waals surface area contributed by atoms with E-state index in [9.17, 15) is 9.18 Å². The Bertz CT molecular complexity index is 1290. The number of benzene rings is 1. The lowest BCUT2D eigenvalue weighted by molar-refractivity contribution is -0.104. The highest BCUT2D eigenvalue weighted by atomic mass is 32.1. The molecule has 36 heavy (non-hydrogen) atoms. The molecule has 0 spiro atoms. The maximum Gasteiger partial charge on any atom is 0.144 e. The zero-order valence-electron chi connectivity index (χ0n) is 21.2. The van der Waals surface area contributed by atoms with E-state index in [0.29, 0.717) is 23.2 Å². The number of aldehydes is 1. The van der Waals surface area contributed by atoms with Gasteiger partial charge in [0.05, 0.1) is 40.1 Å². The highest BCUT2D eigenvalue weighted by Gasteiger charge is 2.31. The minimum atomic E-state index is -0.221. The van der Waals surface area contributed by atoms with Crippen LogP contribution in [0.1, 0.15) is 43.4 Å². The summed E-state index contributed by atoms with van der Waals surface area (Å²) in [6.07, 6.45) is 5.91. The highest BCUT2D eigenvalue weighted by molar-refractivity contribution is 7.16. The normalized spacial score (nSPS) is 17.8. The summed E-state index contributed by atoms with van der Waals surface area (Å²) in [6, 6.07) is 5.71. The van der Waals surface area contributed by atoms with Gasteiger partial charge in [0, 0.05) is 69.6 Å². The van der Waals surface area contributed by atoms with E-state index in [2.05, 4.69) is 39.7 Å². The van der Waals surface area contributed by atoms with E-state index in [0.717, 1.165) is 48.6 Å². The van der Waals surface area contributed by atoms with Crippen LogP contribution < -0.4 is 5.01 Å². The smallest absolute Gasteiger partial charge is 0.144 e. The van der Waals surface area contributed by atoms with E-state index in [1.807, 2.05) is 36.0 Å². The Balaban J connectivity index is 1.54. The Morgan fingerprint density at radius 3 is 2.89 bits per heavy atom. The molecule has 0 amide bonds. The average molecular weight is 510 g/mol. The largest absolute Gasteiger partial charge is 0.369 e. The summed E-state index contributed by atoms with van der Waals surface area (Å²) < 4.78 is 17.8. The number of carbonyl (C=O) groups is 1. The fourth-order valence-corrected chi connectivity index (χ4v) is 5.67. The van der Waals surface area contributed by atoms with Gasteiger partial charge in [0.1, 0.15) is 17.9 Å². The molecule has 0 aliphatic carbocycles. The third kappa shape index (κ3) is 5.27. The number of hydrogen-bond acceptors (Lipinski definition) is 8. The monoisotopic (exact) mass is 509 g/mol. The van der Waals surface area contributed by atoms with Crippen LogP contribution in [0.25, 0.3) is 10.2 Å². The summed E-state index contributed by atoms with van der Waals surface area (Å²) in [6.45, 7) is 6.42. The molecule has 8 nitrogen and oxygen atoms in total. The summed E-state index contributed by atoms with van der Waals surface area (Å²) in [5, 5.41) is 11.0. The van der Waals surface area contributed by atoms with Crippen LogP contribution in [0.4, 0.5) is 4.39 Å². The van der Waals surface area contributed by atoms with Crippen LogP contribution in [0.3, 0.4) is 0 Å². The third-order valence-corrected chi connectivity index (χ3v) is 7.69. The summed E-state index contributed by atoms with van der Waals surface area (Å²) in [5.74, 6) is 0.561. The number of halogens is 1. The molecule has 1 saturated heterocycles. The molecule has 1 aliphatic rings. The zero-order valence-corrected chi connectivity index (χ0v) is 22.0. The molecule has 0 bridgehead atoms. The van der Waals surface area contributed by atoms with Crippen molar-refractivity contribution in [2.45, 2.75) is 45.2 Å². The molecule has 1 fully saturated rings. The molecule has 3 heterocycles. The molecule has 2 aromatic heterocycles. The van der Waals surface area contributed by atoms with Crippen LogP contribution in [0.5, 0.6) is 0 Å². The van der Waals surface area contributed by atoms with Crippen molar-refractivity contribution in [1.29, 1.82) is 5.26 Å². The quantitative estimate of drug-likeness (QED) is 0.322. The number of thiazole rings is 1. The molecule has 190 valence electrons. The summed E-state index contributed by atoms with van der Waals surface area (Å²) in [5.41, 5.74) is 4.74. The Hall–Kier alpha value is -3.29. The van der Waals surface area contributed by atoms with E-state index in [4.69, 9.17) is 5.26 Å². The van der Waals surface area contributed by atoms with Crippen molar-refractivity contribution in [3.8, 4) is 6.07 Å². The van der Waals surface area contributed by atoms with Crippen LogP contribution in [-0.4, -0.2) is 70.5 Å². The number of imidazole rings is 1. The van der Waals surface area contributed by atoms with Crippen molar-refractivity contribution < 1.29 is 9.18 Å². The lowest BCUT2D eigenvalue weighted by Gasteiger charge is -2.45. The molecule has 2 atom stereocenters. The van der Waals surface area contributed by atoms with Crippen molar-refractivity contribution in [2.75, 3.05) is 38.7 Å². The summed E-state index contributed by atoms with van der Waals surface area (Å²) >= 11 is 1.52. The second kappa shape index (κ2) is 11.2. The Morgan fingerprint density at radius 1 is 1.39 bits per heavy atom. The number of fused-ring (bicyclic) bond motifs is 1. The van der Waals surface area contributed by atoms with E-state index in [1.54, 1.807) is 11.6 Å². The van der Waals surface area contributed by atoms with Crippen molar-refractivity contribution in [3.63, 3.8) is 0 Å². The SMILES string of the molecule is CCC1CN(C(C)c2cc3scnc3cc2F)CCN1/C(=C/C=O)Cc1nc(CC#N)cn1N(C)C. The first-order valence-corrected chi connectivity index (χ1v) is 13.0. The first-order valence-electron chi connectivity index (χ1n) is 12.2. The lowest BCUT2D eigenvalue weighted by Crippen LogP contribution is -2.53. The van der Waals surface area contributed by atoms with E-state index in [-0.39, 0.29) is 24.3 Å². The molecule has 1 aliphatic heterocycles. The topological polar surface area (TPSA) is 81.3 Å². The zero-order chi connectivity index (χ0) is 25.8. The van der Waals surface area contributed by atoms with Gasteiger partial charge in [-0.05, 0) is 25.5 Å². The van der Waals surface area contributed by atoms with Gasteiger partial charge in [-0.25, -0.2) is 19.0 Å². The molecule has 4 rings (SSSR count). The predicted octanol–water partition coefficient (Wildman–Crippen LogP) is 3.68. The van der Waals surface area contributed by atoms with Gasteiger partial charge in [-0.15, -0.1) is 11.3 Å². The van der Waals surface area contributed by atoms with Crippen LogP contribution >= 0.6 is 11.3 Å². The van der Waals surface area contributed by atoms with Gasteiger partial charge in [0.15, 0.2) is 0 Å². The number of piperazine rings is 1. The Labute approximate surface area is 215 Å². The van der Waals surface area contributed by atoms with Crippen LogP contribution in [0, 0.1) is 17.1 Å². The lowest BCUT2D eigenvalue weighted by atomic mass is 10.0. The molecule has 0 N–H and O–H groups in total. The Kier molecular flexibility index (Phi) is 8.01. The van der Waals surface area contributed by atoms with E-state index < -0.39 is 0 Å². The van der Waals surface area contributed by atoms with Crippen molar-refractivity contribution in [2.24, 2.45) is 0 Å². The summed E-state index contributed by atoms with van der Waals surface area (Å²) in [7, 11) is 3.84. The maximum absolute atomic E-state index is 14.9. The van der Waals surface area contributed by atoms with Crippen molar-refractivity contribution in [1.82, 2.24) is 24.4 Å². The predicted molar refractivity (Wildman–Crippen MR) is 140 cm³/mol. The van der Waals surface area contributed by atoms with Gasteiger partial charge >= 0.3 is 0 Å². The molecule has 10 heteroatoms. The van der Waals surface area contributed by atoms with Crippen LogP contribution in [-0.2, 0) is 17.6 Å². The van der Waals surface area contributed by atoms with Crippen LogP contribution in [0.15, 0.2) is 35.6 Å². The minimum Gasteiger partial charge on any atom is -0.369 e. The molecular weight excluding hydrogens is 477 g/mol. The highest BCUT2D eigenvalue weighted by Crippen LogP contribution is 2.31. The molecule has 0 radical (unpaired) electrons. The second-order valence-corrected chi connectivity index (χ2v) is 10.2. The first-order chi connectivity index (χ1) is 17.4. The molecule has 2 unspecified atom stereocenters. The van der Waals surface area contributed by atoms with E-state index >= 15 is 0 Å². The number of allylic oxidation sites excluding steroid dienone is 2.